The molecule has 0 unspecified atom stereocenters. The SMILES string of the molecule is CN(C)C(=O)c1cc(NC(=O)c2cccc(C(F)(F)F)c2)ccc1Cl. The number of alkyl halides is 3. The van der Waals surface area contributed by atoms with Gasteiger partial charge in [0.15, 0.2) is 0 Å². The van der Waals surface area contributed by atoms with Gasteiger partial charge in [0.05, 0.1) is 16.1 Å². The normalized spacial score (nSPS) is 11.1. The summed E-state index contributed by atoms with van der Waals surface area (Å²) in [6.07, 6.45) is -4.54. The molecular formula is C17H14ClF3N2O2. The molecule has 0 fully saturated rings. The fourth-order valence-corrected chi connectivity index (χ4v) is 2.25. The van der Waals surface area contributed by atoms with Crippen molar-refractivity contribution >= 4 is 29.1 Å². The highest BCUT2D eigenvalue weighted by Crippen LogP contribution is 2.30. The minimum Gasteiger partial charge on any atom is -0.345 e. The van der Waals surface area contributed by atoms with Crippen molar-refractivity contribution in [1.29, 1.82) is 0 Å². The molecule has 0 aliphatic carbocycles. The van der Waals surface area contributed by atoms with E-state index in [1.807, 2.05) is 0 Å². The Morgan fingerprint density at radius 2 is 1.76 bits per heavy atom. The molecule has 2 amide bonds. The monoisotopic (exact) mass is 370 g/mol. The van der Waals surface area contributed by atoms with Gasteiger partial charge >= 0.3 is 6.18 Å². The molecule has 1 N–H and O–H groups in total. The second-order valence-electron chi connectivity index (χ2n) is 5.43. The summed E-state index contributed by atoms with van der Waals surface area (Å²) in [5.74, 6) is -1.09. The fraction of sp³-hybridized carbons (Fsp3) is 0.176. The number of carbonyl (C=O) groups is 2. The van der Waals surface area contributed by atoms with E-state index >= 15 is 0 Å². The number of benzene rings is 2. The first kappa shape index (κ1) is 18.8. The number of hydrogen-bond acceptors (Lipinski definition) is 2. The van der Waals surface area contributed by atoms with Gasteiger partial charge in [0.2, 0.25) is 0 Å². The molecule has 0 aliphatic rings. The van der Waals surface area contributed by atoms with Crippen LogP contribution in [0.25, 0.3) is 0 Å². The van der Waals surface area contributed by atoms with Crippen molar-refractivity contribution in [2.24, 2.45) is 0 Å². The molecule has 4 nitrogen and oxygen atoms in total. The van der Waals surface area contributed by atoms with Gasteiger partial charge in [-0.3, -0.25) is 9.59 Å². The highest BCUT2D eigenvalue weighted by molar-refractivity contribution is 6.34. The summed E-state index contributed by atoms with van der Waals surface area (Å²) in [5, 5.41) is 2.67. The lowest BCUT2D eigenvalue weighted by Crippen LogP contribution is -2.22. The fourth-order valence-electron chi connectivity index (χ4n) is 2.05. The summed E-state index contributed by atoms with van der Waals surface area (Å²) >= 11 is 5.97. The molecule has 0 heterocycles. The Morgan fingerprint density at radius 3 is 2.36 bits per heavy atom. The van der Waals surface area contributed by atoms with Crippen LogP contribution in [0.1, 0.15) is 26.3 Å². The number of nitrogens with zero attached hydrogens (tertiary/aromatic N) is 1. The third-order valence-corrected chi connectivity index (χ3v) is 3.64. The highest BCUT2D eigenvalue weighted by atomic mass is 35.5. The Kier molecular flexibility index (Phi) is 5.37. The van der Waals surface area contributed by atoms with Gasteiger partial charge in [-0.25, -0.2) is 0 Å². The second-order valence-corrected chi connectivity index (χ2v) is 5.83. The molecule has 0 atom stereocenters. The van der Waals surface area contributed by atoms with Gasteiger partial charge in [0, 0.05) is 25.3 Å². The average Bonchev–Trinajstić information content (AvgIpc) is 2.55. The van der Waals surface area contributed by atoms with Gasteiger partial charge in [-0.1, -0.05) is 17.7 Å². The lowest BCUT2D eigenvalue weighted by Gasteiger charge is -2.13. The summed E-state index contributed by atoms with van der Waals surface area (Å²) < 4.78 is 38.2. The molecule has 0 aromatic heterocycles. The minimum atomic E-state index is -4.54. The van der Waals surface area contributed by atoms with E-state index in [4.69, 9.17) is 11.6 Å². The van der Waals surface area contributed by atoms with Crippen molar-refractivity contribution in [3.05, 3.63) is 64.2 Å². The average molecular weight is 371 g/mol. The van der Waals surface area contributed by atoms with Crippen molar-refractivity contribution in [3.63, 3.8) is 0 Å². The Bertz CT molecular complexity index is 820. The standard InChI is InChI=1S/C17H14ClF3N2O2/c1-23(2)16(25)13-9-12(6-7-14(13)18)22-15(24)10-4-3-5-11(8-10)17(19,20)21/h3-9H,1-2H3,(H,22,24). The van der Waals surface area contributed by atoms with E-state index in [1.54, 1.807) is 14.1 Å². The molecule has 0 spiro atoms. The quantitative estimate of drug-likeness (QED) is 0.875. The molecule has 25 heavy (non-hydrogen) atoms. The van der Waals surface area contributed by atoms with Crippen LogP contribution in [-0.2, 0) is 6.18 Å². The lowest BCUT2D eigenvalue weighted by molar-refractivity contribution is -0.137. The Balaban J connectivity index is 2.27. The van der Waals surface area contributed by atoms with E-state index < -0.39 is 17.6 Å². The smallest absolute Gasteiger partial charge is 0.345 e. The Labute approximate surface area is 147 Å². The van der Waals surface area contributed by atoms with E-state index in [9.17, 15) is 22.8 Å². The van der Waals surface area contributed by atoms with Crippen molar-refractivity contribution < 1.29 is 22.8 Å². The number of rotatable bonds is 3. The van der Waals surface area contributed by atoms with E-state index in [0.29, 0.717) is 0 Å². The zero-order chi connectivity index (χ0) is 18.8. The molecule has 2 rings (SSSR count). The van der Waals surface area contributed by atoms with Crippen molar-refractivity contribution in [2.45, 2.75) is 6.18 Å². The highest BCUT2D eigenvalue weighted by Gasteiger charge is 2.30. The van der Waals surface area contributed by atoms with E-state index in [1.165, 1.54) is 29.2 Å². The molecule has 0 radical (unpaired) electrons. The van der Waals surface area contributed by atoms with Crippen LogP contribution in [0.5, 0.6) is 0 Å². The maximum atomic E-state index is 12.7. The van der Waals surface area contributed by atoms with Crippen molar-refractivity contribution in [2.75, 3.05) is 19.4 Å². The maximum Gasteiger partial charge on any atom is 0.416 e. The summed E-state index contributed by atoms with van der Waals surface area (Å²) in [4.78, 5) is 25.5. The third kappa shape index (κ3) is 4.51. The first-order valence-electron chi connectivity index (χ1n) is 7.09. The number of amides is 2. The predicted octanol–water partition coefficient (Wildman–Crippen LogP) is 4.31. The number of hydrogen-bond donors (Lipinski definition) is 1. The predicted molar refractivity (Wildman–Crippen MR) is 88.9 cm³/mol. The molecule has 0 saturated heterocycles. The van der Waals surface area contributed by atoms with Gasteiger partial charge in [-0.15, -0.1) is 0 Å². The van der Waals surface area contributed by atoms with Crippen molar-refractivity contribution in [1.82, 2.24) is 4.90 Å². The maximum absolute atomic E-state index is 12.7. The van der Waals surface area contributed by atoms with Crippen LogP contribution >= 0.6 is 11.6 Å². The Hall–Kier alpha value is -2.54. The topological polar surface area (TPSA) is 49.4 Å². The van der Waals surface area contributed by atoms with Gasteiger partial charge in [-0.05, 0) is 36.4 Å². The Morgan fingerprint density at radius 1 is 1.08 bits per heavy atom. The van der Waals surface area contributed by atoms with Crippen molar-refractivity contribution in [3.8, 4) is 0 Å². The zero-order valence-electron chi connectivity index (χ0n) is 13.3. The van der Waals surface area contributed by atoms with Crippen LogP contribution in [0.2, 0.25) is 5.02 Å². The summed E-state index contributed by atoms with van der Waals surface area (Å²) in [6, 6.07) is 8.33. The molecule has 0 saturated carbocycles. The van der Waals surface area contributed by atoms with E-state index in [2.05, 4.69) is 5.32 Å². The van der Waals surface area contributed by atoms with Gasteiger partial charge in [0.1, 0.15) is 0 Å². The molecule has 0 bridgehead atoms. The van der Waals surface area contributed by atoms with Gasteiger partial charge < -0.3 is 10.2 Å². The van der Waals surface area contributed by atoms with Gasteiger partial charge in [0.25, 0.3) is 11.8 Å². The molecule has 2 aromatic carbocycles. The second kappa shape index (κ2) is 7.14. The van der Waals surface area contributed by atoms with Crippen LogP contribution < -0.4 is 5.32 Å². The third-order valence-electron chi connectivity index (χ3n) is 3.31. The minimum absolute atomic E-state index is 0.148. The van der Waals surface area contributed by atoms with Crippen LogP contribution in [0.4, 0.5) is 18.9 Å². The van der Waals surface area contributed by atoms with Gasteiger partial charge in [-0.2, -0.15) is 13.2 Å². The summed E-state index contributed by atoms with van der Waals surface area (Å²) in [7, 11) is 3.10. The first-order valence-corrected chi connectivity index (χ1v) is 7.47. The largest absolute Gasteiger partial charge is 0.416 e. The molecule has 2 aromatic rings. The molecule has 8 heteroatoms. The van der Waals surface area contributed by atoms with E-state index in [0.717, 1.165) is 18.2 Å². The summed E-state index contributed by atoms with van der Waals surface area (Å²) in [5.41, 5.74) is -0.643. The van der Waals surface area contributed by atoms with E-state index in [-0.39, 0.29) is 27.7 Å². The zero-order valence-corrected chi connectivity index (χ0v) is 14.1. The van der Waals surface area contributed by atoms with Crippen LogP contribution in [0, 0.1) is 0 Å². The first-order chi connectivity index (χ1) is 11.6. The number of carbonyl (C=O) groups excluding carboxylic acids is 2. The summed E-state index contributed by atoms with van der Waals surface area (Å²) in [6.45, 7) is 0. The lowest BCUT2D eigenvalue weighted by atomic mass is 10.1. The molecular weight excluding hydrogens is 357 g/mol. The molecule has 0 aliphatic heterocycles. The number of nitrogens with one attached hydrogen (secondary N) is 1. The van der Waals surface area contributed by atoms with Crippen LogP contribution in [0.3, 0.4) is 0 Å². The number of anilines is 1. The molecule has 132 valence electrons. The van der Waals surface area contributed by atoms with Crippen LogP contribution in [0.15, 0.2) is 42.5 Å². The number of halogens is 4. The van der Waals surface area contributed by atoms with Crippen LogP contribution in [-0.4, -0.2) is 30.8 Å².